The summed E-state index contributed by atoms with van der Waals surface area (Å²) in [4.78, 5) is 41.0. The smallest absolute Gasteiger partial charge is 0.262 e. The first-order chi connectivity index (χ1) is 26.7. The minimum atomic E-state index is -0.196. The van der Waals surface area contributed by atoms with Gasteiger partial charge in [-0.15, -0.1) is 0 Å². The van der Waals surface area contributed by atoms with E-state index >= 15 is 0 Å². The quantitative estimate of drug-likeness (QED) is 0.0887. The van der Waals surface area contributed by atoms with Crippen LogP contribution in [-0.2, 0) is 16.0 Å². The molecule has 2 amide bonds. The highest BCUT2D eigenvalue weighted by Gasteiger charge is 2.22. The number of rotatable bonds is 24. The van der Waals surface area contributed by atoms with Gasteiger partial charge in [-0.1, -0.05) is 91.4 Å². The van der Waals surface area contributed by atoms with E-state index in [1.165, 1.54) is 0 Å². The number of amides is 2. The van der Waals surface area contributed by atoms with Crippen molar-refractivity contribution in [2.24, 2.45) is 0 Å². The standard InChI is InChI=1S/C46H59ClN4O4/c1-5-6-7-8-9-10-11-12-13-14-15-16-17-18-19-20-21-22-23-24-44(52)48-31-33-50(3)34-32-49-45(53)36-41-37(2)51(43-30-29-40(55-4)35-42(41)43)46(54)38-25-27-39(47)28-26-38/h6-7,9-10,12-13,15-16,18-19,21-22,25-30,35H,5,8,11,14,17,20,23-24,31-34,36H2,1-4H3,(H,48,52)(H,49,53)/b7-6?,10-9?,13-12-,16-15-,19-18-,22-21-. The van der Waals surface area contributed by atoms with E-state index in [2.05, 4.69) is 95.4 Å². The van der Waals surface area contributed by atoms with Crippen molar-refractivity contribution in [2.45, 2.75) is 71.6 Å². The molecule has 2 N–H and O–H groups in total. The van der Waals surface area contributed by atoms with E-state index in [1.807, 2.05) is 32.2 Å². The van der Waals surface area contributed by atoms with Gasteiger partial charge in [0.05, 0.1) is 19.0 Å². The Hall–Kier alpha value is -4.92. The highest BCUT2D eigenvalue weighted by molar-refractivity contribution is 6.30. The Labute approximate surface area is 333 Å². The normalized spacial score (nSPS) is 12.3. The molecule has 0 saturated heterocycles. The van der Waals surface area contributed by atoms with Crippen molar-refractivity contribution < 1.29 is 19.1 Å². The fraction of sp³-hybridized carbons (Fsp3) is 0.370. The van der Waals surface area contributed by atoms with Crippen LogP contribution in [-0.4, -0.2) is 67.5 Å². The van der Waals surface area contributed by atoms with Crippen molar-refractivity contribution in [3.63, 3.8) is 0 Å². The fourth-order valence-corrected chi connectivity index (χ4v) is 5.97. The summed E-state index contributed by atoms with van der Waals surface area (Å²) in [6, 6.07) is 12.3. The first-order valence-corrected chi connectivity index (χ1v) is 19.7. The molecule has 0 aliphatic carbocycles. The minimum Gasteiger partial charge on any atom is -0.497 e. The maximum Gasteiger partial charge on any atom is 0.262 e. The summed E-state index contributed by atoms with van der Waals surface area (Å²) in [5.74, 6) is 0.341. The molecule has 0 aliphatic rings. The zero-order valence-corrected chi connectivity index (χ0v) is 33.8. The molecule has 294 valence electrons. The average molecular weight is 767 g/mol. The molecular weight excluding hydrogens is 708 g/mol. The van der Waals surface area contributed by atoms with Gasteiger partial charge >= 0.3 is 0 Å². The molecule has 9 heteroatoms. The first kappa shape index (κ1) is 44.5. The summed E-state index contributed by atoms with van der Waals surface area (Å²) in [7, 11) is 3.55. The number of allylic oxidation sites excluding steroid dienone is 12. The Bertz CT molecular complexity index is 1830. The molecule has 3 aromatic rings. The summed E-state index contributed by atoms with van der Waals surface area (Å²) in [5, 5.41) is 7.33. The lowest BCUT2D eigenvalue weighted by Gasteiger charge is -2.17. The fourth-order valence-electron chi connectivity index (χ4n) is 5.85. The molecule has 1 aromatic heterocycles. The molecule has 1 heterocycles. The molecule has 8 nitrogen and oxygen atoms in total. The Morgan fingerprint density at radius 2 is 1.27 bits per heavy atom. The molecule has 2 aromatic carbocycles. The van der Waals surface area contributed by atoms with Gasteiger partial charge in [-0.05, 0) is 107 Å². The minimum absolute atomic E-state index is 0.0296. The number of ether oxygens (including phenoxy) is 1. The molecule has 0 atom stereocenters. The molecule has 0 saturated carbocycles. The average Bonchev–Trinajstić information content (AvgIpc) is 3.44. The summed E-state index contributed by atoms with van der Waals surface area (Å²) in [5.41, 5.74) is 2.68. The van der Waals surface area contributed by atoms with Crippen LogP contribution in [0.5, 0.6) is 5.75 Å². The number of carbonyl (C=O) groups is 3. The van der Waals surface area contributed by atoms with Crippen molar-refractivity contribution in [1.29, 1.82) is 0 Å². The molecule has 55 heavy (non-hydrogen) atoms. The first-order valence-electron chi connectivity index (χ1n) is 19.3. The van der Waals surface area contributed by atoms with Crippen molar-refractivity contribution >= 4 is 40.2 Å². The van der Waals surface area contributed by atoms with Crippen LogP contribution in [0.4, 0.5) is 0 Å². The predicted octanol–water partition coefficient (Wildman–Crippen LogP) is 9.48. The van der Waals surface area contributed by atoms with Gasteiger partial charge in [-0.2, -0.15) is 0 Å². The van der Waals surface area contributed by atoms with Gasteiger partial charge in [0.1, 0.15) is 5.75 Å². The molecule has 3 rings (SSSR count). The molecule has 0 bridgehead atoms. The van der Waals surface area contributed by atoms with E-state index in [-0.39, 0.29) is 24.1 Å². The number of hydrogen-bond donors (Lipinski definition) is 2. The lowest BCUT2D eigenvalue weighted by atomic mass is 10.1. The lowest BCUT2D eigenvalue weighted by molar-refractivity contribution is -0.121. The zero-order chi connectivity index (χ0) is 39.7. The summed E-state index contributed by atoms with van der Waals surface area (Å²) >= 11 is 6.04. The van der Waals surface area contributed by atoms with E-state index in [9.17, 15) is 14.4 Å². The number of nitrogens with zero attached hydrogens (tertiary/aromatic N) is 2. The van der Waals surface area contributed by atoms with E-state index < -0.39 is 0 Å². The van der Waals surface area contributed by atoms with Crippen LogP contribution in [0.2, 0.25) is 5.02 Å². The SMILES string of the molecule is CCC=CCC=CC/C=C\C/C=C\C/C=C\C/C=C\CCC(=O)NCCN(C)CCNC(=O)Cc1c(C)n(C(=O)c2ccc(Cl)cc2)c2ccc(OC)cc12. The van der Waals surface area contributed by atoms with E-state index in [4.69, 9.17) is 16.3 Å². The second-order valence-corrected chi connectivity index (χ2v) is 13.7. The predicted molar refractivity (Wildman–Crippen MR) is 229 cm³/mol. The van der Waals surface area contributed by atoms with Gasteiger partial charge in [-0.25, -0.2) is 0 Å². The van der Waals surface area contributed by atoms with Crippen molar-refractivity contribution in [3.8, 4) is 5.75 Å². The van der Waals surface area contributed by atoms with Crippen molar-refractivity contribution in [2.75, 3.05) is 40.3 Å². The zero-order valence-electron chi connectivity index (χ0n) is 33.1. The Morgan fingerprint density at radius 1 is 0.745 bits per heavy atom. The third-order valence-electron chi connectivity index (χ3n) is 8.94. The molecule has 0 fully saturated rings. The Balaban J connectivity index is 1.29. The van der Waals surface area contributed by atoms with Gasteiger partial charge in [0.15, 0.2) is 0 Å². The number of aromatic nitrogens is 1. The summed E-state index contributed by atoms with van der Waals surface area (Å²) in [6.07, 6.45) is 33.2. The van der Waals surface area contributed by atoms with E-state index in [1.54, 1.807) is 35.9 Å². The number of carbonyl (C=O) groups excluding carboxylic acids is 3. The third-order valence-corrected chi connectivity index (χ3v) is 9.19. The maximum absolute atomic E-state index is 13.6. The largest absolute Gasteiger partial charge is 0.497 e. The van der Waals surface area contributed by atoms with Crippen LogP contribution >= 0.6 is 11.6 Å². The topological polar surface area (TPSA) is 92.7 Å². The van der Waals surface area contributed by atoms with Gasteiger partial charge in [0.2, 0.25) is 11.8 Å². The molecular formula is C46H59ClN4O4. The van der Waals surface area contributed by atoms with E-state index in [0.29, 0.717) is 66.6 Å². The van der Waals surface area contributed by atoms with Gasteiger partial charge in [-0.3, -0.25) is 19.0 Å². The second kappa shape index (κ2) is 26.0. The number of benzene rings is 2. The van der Waals surface area contributed by atoms with Crippen LogP contribution in [0.3, 0.4) is 0 Å². The van der Waals surface area contributed by atoms with Crippen LogP contribution in [0.25, 0.3) is 10.9 Å². The van der Waals surface area contributed by atoms with Gasteiger partial charge in [0.25, 0.3) is 5.91 Å². The lowest BCUT2D eigenvalue weighted by Crippen LogP contribution is -2.37. The summed E-state index contributed by atoms with van der Waals surface area (Å²) < 4.78 is 7.09. The number of likely N-dealkylation sites (N-methyl/N-ethyl adjacent to an activating group) is 1. The number of nitrogens with one attached hydrogen (secondary N) is 2. The molecule has 0 unspecified atom stereocenters. The highest BCUT2D eigenvalue weighted by atomic mass is 35.5. The summed E-state index contributed by atoms with van der Waals surface area (Å²) in [6.45, 7) is 6.29. The van der Waals surface area contributed by atoms with Crippen molar-refractivity contribution in [1.82, 2.24) is 20.1 Å². The highest BCUT2D eigenvalue weighted by Crippen LogP contribution is 2.31. The van der Waals surface area contributed by atoms with Crippen LogP contribution < -0.4 is 15.4 Å². The third kappa shape index (κ3) is 16.5. The van der Waals surface area contributed by atoms with Gasteiger partial charge in [0, 0.05) is 54.3 Å². The molecule has 0 spiro atoms. The van der Waals surface area contributed by atoms with Crippen LogP contribution in [0, 0.1) is 6.92 Å². The van der Waals surface area contributed by atoms with E-state index in [0.717, 1.165) is 49.5 Å². The maximum atomic E-state index is 13.6. The number of hydrogen-bond acceptors (Lipinski definition) is 5. The van der Waals surface area contributed by atoms with Crippen LogP contribution in [0.1, 0.15) is 79.9 Å². The second-order valence-electron chi connectivity index (χ2n) is 13.2. The number of methoxy groups -OCH3 is 1. The number of halogens is 1. The monoisotopic (exact) mass is 766 g/mol. The molecule has 0 radical (unpaired) electrons. The van der Waals surface area contributed by atoms with Crippen molar-refractivity contribution in [3.05, 3.63) is 137 Å². The molecule has 0 aliphatic heterocycles. The van der Waals surface area contributed by atoms with Crippen LogP contribution in [0.15, 0.2) is 115 Å². The Morgan fingerprint density at radius 3 is 1.82 bits per heavy atom. The number of fused-ring (bicyclic) bond motifs is 1. The van der Waals surface area contributed by atoms with Gasteiger partial charge < -0.3 is 20.3 Å². The Kier molecular flexibility index (Phi) is 21.0.